The van der Waals surface area contributed by atoms with Crippen molar-refractivity contribution in [2.75, 3.05) is 13.2 Å². The predicted octanol–water partition coefficient (Wildman–Crippen LogP) is 3.20. The maximum atomic E-state index is 12.4. The Morgan fingerprint density at radius 2 is 2.10 bits per heavy atom. The molecule has 21 heavy (non-hydrogen) atoms. The molecule has 1 aliphatic heterocycles. The van der Waals surface area contributed by atoms with Crippen LogP contribution in [-0.4, -0.2) is 35.3 Å². The predicted molar refractivity (Wildman–Crippen MR) is 81.8 cm³/mol. The van der Waals surface area contributed by atoms with E-state index in [1.807, 2.05) is 30.3 Å². The number of nitrogens with zero attached hydrogens (tertiary/aromatic N) is 1. The van der Waals surface area contributed by atoms with Crippen LogP contribution in [0.4, 0.5) is 4.79 Å². The van der Waals surface area contributed by atoms with E-state index in [1.165, 1.54) is 0 Å². The normalized spacial score (nSPS) is 21.1. The Balaban J connectivity index is 1.96. The highest BCUT2D eigenvalue weighted by Crippen LogP contribution is 2.33. The summed E-state index contributed by atoms with van der Waals surface area (Å²) in [5, 5.41) is 9.18. The second kappa shape index (κ2) is 6.94. The number of aliphatic hydroxyl groups is 1. The van der Waals surface area contributed by atoms with E-state index in [0.717, 1.165) is 18.4 Å². The summed E-state index contributed by atoms with van der Waals surface area (Å²) in [4.78, 5) is 14.2. The van der Waals surface area contributed by atoms with Crippen LogP contribution >= 0.6 is 0 Å². The molecule has 2 rings (SSSR count). The van der Waals surface area contributed by atoms with Gasteiger partial charge in [0.05, 0.1) is 0 Å². The molecule has 0 bridgehead atoms. The van der Waals surface area contributed by atoms with E-state index < -0.39 is 0 Å². The van der Waals surface area contributed by atoms with Crippen molar-refractivity contribution in [1.82, 2.24) is 4.90 Å². The number of rotatable bonds is 4. The van der Waals surface area contributed by atoms with E-state index in [4.69, 9.17) is 4.74 Å². The van der Waals surface area contributed by atoms with Gasteiger partial charge in [-0.15, -0.1) is 0 Å². The van der Waals surface area contributed by atoms with Crippen molar-refractivity contribution >= 4 is 6.09 Å². The summed E-state index contributed by atoms with van der Waals surface area (Å²) in [6.45, 7) is 5.42. The first-order valence-electron chi connectivity index (χ1n) is 7.60. The third kappa shape index (κ3) is 4.46. The molecule has 4 heteroatoms. The molecule has 0 aliphatic carbocycles. The lowest BCUT2D eigenvalue weighted by Gasteiger charge is -2.43. The standard InChI is InChI=1S/C17H25NO3/c1-17(2)10-8-15(9-11-19)18(13-17)16(20)21-12-14-6-4-3-5-7-14/h3-7,15,19H,8-13H2,1-2H3/t15-/m1/s1. The monoisotopic (exact) mass is 291 g/mol. The fourth-order valence-corrected chi connectivity index (χ4v) is 2.85. The highest BCUT2D eigenvalue weighted by atomic mass is 16.6. The van der Waals surface area contributed by atoms with Crippen LogP contribution in [-0.2, 0) is 11.3 Å². The fourth-order valence-electron chi connectivity index (χ4n) is 2.85. The van der Waals surface area contributed by atoms with Crippen LogP contribution in [0.5, 0.6) is 0 Å². The minimum absolute atomic E-state index is 0.0892. The van der Waals surface area contributed by atoms with Crippen LogP contribution in [0.1, 0.15) is 38.7 Å². The summed E-state index contributed by atoms with van der Waals surface area (Å²) in [7, 11) is 0. The van der Waals surface area contributed by atoms with Crippen LogP contribution in [0.15, 0.2) is 30.3 Å². The zero-order valence-electron chi connectivity index (χ0n) is 12.9. The Morgan fingerprint density at radius 1 is 1.38 bits per heavy atom. The van der Waals surface area contributed by atoms with Gasteiger partial charge >= 0.3 is 6.09 Å². The van der Waals surface area contributed by atoms with Gasteiger partial charge in [-0.05, 0) is 30.2 Å². The molecule has 1 aliphatic rings. The van der Waals surface area contributed by atoms with E-state index >= 15 is 0 Å². The molecule has 1 saturated heterocycles. The van der Waals surface area contributed by atoms with Gasteiger partial charge in [0.1, 0.15) is 6.61 Å². The molecule has 0 unspecified atom stereocenters. The van der Waals surface area contributed by atoms with E-state index in [0.29, 0.717) is 19.6 Å². The third-order valence-electron chi connectivity index (χ3n) is 4.10. The number of benzene rings is 1. The number of ether oxygens (including phenoxy) is 1. The van der Waals surface area contributed by atoms with Crippen molar-refractivity contribution in [3.63, 3.8) is 0 Å². The van der Waals surface area contributed by atoms with Crippen molar-refractivity contribution in [3.05, 3.63) is 35.9 Å². The number of carbonyl (C=O) groups excluding carboxylic acids is 1. The summed E-state index contributed by atoms with van der Waals surface area (Å²) >= 11 is 0. The molecule has 4 nitrogen and oxygen atoms in total. The van der Waals surface area contributed by atoms with Gasteiger partial charge in [0.25, 0.3) is 0 Å². The summed E-state index contributed by atoms with van der Waals surface area (Å²) in [6, 6.07) is 9.78. The van der Waals surface area contributed by atoms with Crippen LogP contribution in [0, 0.1) is 5.41 Å². The van der Waals surface area contributed by atoms with Gasteiger partial charge in [0, 0.05) is 19.2 Å². The number of carbonyl (C=O) groups is 1. The number of aliphatic hydroxyl groups excluding tert-OH is 1. The largest absolute Gasteiger partial charge is 0.445 e. The maximum absolute atomic E-state index is 12.4. The lowest BCUT2D eigenvalue weighted by Crippen LogP contribution is -2.50. The first kappa shape index (κ1) is 15.8. The highest BCUT2D eigenvalue weighted by Gasteiger charge is 2.36. The second-order valence-corrected chi connectivity index (χ2v) is 6.54. The molecule has 0 radical (unpaired) electrons. The first-order valence-corrected chi connectivity index (χ1v) is 7.60. The number of piperidine rings is 1. The van der Waals surface area contributed by atoms with Gasteiger partial charge in [-0.1, -0.05) is 44.2 Å². The number of likely N-dealkylation sites (tertiary alicyclic amines) is 1. The van der Waals surface area contributed by atoms with Crippen molar-refractivity contribution in [3.8, 4) is 0 Å². The highest BCUT2D eigenvalue weighted by molar-refractivity contribution is 5.68. The molecule has 1 aromatic rings. The summed E-state index contributed by atoms with van der Waals surface area (Å²) in [5.41, 5.74) is 1.10. The number of hydrogen-bond donors (Lipinski definition) is 1. The molecular weight excluding hydrogens is 266 g/mol. The fraction of sp³-hybridized carbons (Fsp3) is 0.588. The molecule has 1 atom stereocenters. The van der Waals surface area contributed by atoms with Crippen molar-refractivity contribution < 1.29 is 14.6 Å². The van der Waals surface area contributed by atoms with Crippen molar-refractivity contribution in [2.24, 2.45) is 5.41 Å². The van der Waals surface area contributed by atoms with Gasteiger partial charge in [0.15, 0.2) is 0 Å². The van der Waals surface area contributed by atoms with E-state index in [9.17, 15) is 9.90 Å². The topological polar surface area (TPSA) is 49.8 Å². The van der Waals surface area contributed by atoms with E-state index in [2.05, 4.69) is 13.8 Å². The molecule has 1 aromatic carbocycles. The van der Waals surface area contributed by atoms with Crippen LogP contribution < -0.4 is 0 Å². The summed E-state index contributed by atoms with van der Waals surface area (Å²) < 4.78 is 5.44. The Bertz CT molecular complexity index is 458. The third-order valence-corrected chi connectivity index (χ3v) is 4.10. The molecule has 1 heterocycles. The molecule has 0 spiro atoms. The van der Waals surface area contributed by atoms with Gasteiger partial charge < -0.3 is 14.7 Å². The lowest BCUT2D eigenvalue weighted by atomic mass is 9.81. The average molecular weight is 291 g/mol. The molecule has 1 amide bonds. The molecular formula is C17H25NO3. The molecule has 116 valence electrons. The zero-order valence-corrected chi connectivity index (χ0v) is 12.9. The maximum Gasteiger partial charge on any atom is 0.410 e. The quantitative estimate of drug-likeness (QED) is 0.926. The van der Waals surface area contributed by atoms with Gasteiger partial charge in [0.2, 0.25) is 0 Å². The second-order valence-electron chi connectivity index (χ2n) is 6.54. The zero-order chi connectivity index (χ0) is 15.3. The Morgan fingerprint density at radius 3 is 2.76 bits per heavy atom. The van der Waals surface area contributed by atoms with Crippen molar-refractivity contribution in [2.45, 2.75) is 45.8 Å². The minimum atomic E-state index is -0.273. The minimum Gasteiger partial charge on any atom is -0.445 e. The summed E-state index contributed by atoms with van der Waals surface area (Å²) in [5.74, 6) is 0. The lowest BCUT2D eigenvalue weighted by molar-refractivity contribution is 0.0275. The van der Waals surface area contributed by atoms with Gasteiger partial charge in [-0.25, -0.2) is 4.79 Å². The first-order chi connectivity index (χ1) is 10.0. The van der Waals surface area contributed by atoms with Gasteiger partial charge in [-0.3, -0.25) is 0 Å². The summed E-state index contributed by atoms with van der Waals surface area (Å²) in [6.07, 6.45) is 2.34. The van der Waals surface area contributed by atoms with Gasteiger partial charge in [-0.2, -0.15) is 0 Å². The Labute approximate surface area is 126 Å². The van der Waals surface area contributed by atoms with Crippen LogP contribution in [0.2, 0.25) is 0 Å². The number of hydrogen-bond acceptors (Lipinski definition) is 3. The average Bonchev–Trinajstić information content (AvgIpc) is 2.47. The number of amides is 1. The van der Waals surface area contributed by atoms with Crippen LogP contribution in [0.25, 0.3) is 0 Å². The molecule has 1 fully saturated rings. The van der Waals surface area contributed by atoms with Crippen LogP contribution in [0.3, 0.4) is 0 Å². The molecule has 1 N–H and O–H groups in total. The molecule has 0 aromatic heterocycles. The van der Waals surface area contributed by atoms with E-state index in [-0.39, 0.29) is 24.2 Å². The van der Waals surface area contributed by atoms with Crippen molar-refractivity contribution in [1.29, 1.82) is 0 Å². The van der Waals surface area contributed by atoms with E-state index in [1.54, 1.807) is 4.90 Å². The Kier molecular flexibility index (Phi) is 5.23. The smallest absolute Gasteiger partial charge is 0.410 e. The Hall–Kier alpha value is -1.55. The molecule has 0 saturated carbocycles. The SMILES string of the molecule is CC1(C)CC[C@H](CCO)N(C(=O)OCc2ccccc2)C1.